The van der Waals surface area contributed by atoms with Crippen molar-refractivity contribution in [2.24, 2.45) is 5.41 Å². The van der Waals surface area contributed by atoms with Crippen LogP contribution in [0.1, 0.15) is 53.4 Å². The zero-order valence-corrected chi connectivity index (χ0v) is 14.2. The van der Waals surface area contributed by atoms with Crippen LogP contribution in [0.25, 0.3) is 0 Å². The fourth-order valence-electron chi connectivity index (χ4n) is 2.61. The third-order valence-corrected chi connectivity index (χ3v) is 3.76. The van der Waals surface area contributed by atoms with Crippen LogP contribution in [0.15, 0.2) is 0 Å². The molecule has 22 heavy (non-hydrogen) atoms. The molecule has 0 spiro atoms. The Morgan fingerprint density at radius 1 is 1.27 bits per heavy atom. The van der Waals surface area contributed by atoms with Crippen LogP contribution in [0, 0.1) is 5.41 Å². The second kappa shape index (κ2) is 7.81. The van der Waals surface area contributed by atoms with Gasteiger partial charge in [0.1, 0.15) is 5.60 Å². The standard InChI is InChI=1S/C16H29NO5/c1-5-10-21-11-8-16(13(18)19)7-6-9-17(12-16)14(20)22-15(2,3)4/h5-12H2,1-4H3,(H,18,19). The lowest BCUT2D eigenvalue weighted by Gasteiger charge is -2.40. The van der Waals surface area contributed by atoms with E-state index in [0.717, 1.165) is 6.42 Å². The smallest absolute Gasteiger partial charge is 0.410 e. The summed E-state index contributed by atoms with van der Waals surface area (Å²) in [6.45, 7) is 9.19. The van der Waals surface area contributed by atoms with E-state index in [0.29, 0.717) is 39.0 Å². The number of rotatable bonds is 6. The molecule has 1 heterocycles. The number of ether oxygens (including phenoxy) is 2. The largest absolute Gasteiger partial charge is 0.481 e. The molecule has 0 aromatic heterocycles. The van der Waals surface area contributed by atoms with Gasteiger partial charge in [-0.2, -0.15) is 0 Å². The number of carbonyl (C=O) groups is 2. The van der Waals surface area contributed by atoms with Crippen molar-refractivity contribution in [3.05, 3.63) is 0 Å². The number of nitrogens with zero attached hydrogens (tertiary/aromatic N) is 1. The molecule has 0 bridgehead atoms. The van der Waals surface area contributed by atoms with E-state index in [1.165, 1.54) is 4.90 Å². The Hall–Kier alpha value is -1.30. The van der Waals surface area contributed by atoms with E-state index < -0.39 is 23.1 Å². The topological polar surface area (TPSA) is 76.1 Å². The Kier molecular flexibility index (Phi) is 6.66. The minimum Gasteiger partial charge on any atom is -0.481 e. The number of hydrogen-bond acceptors (Lipinski definition) is 4. The quantitative estimate of drug-likeness (QED) is 0.763. The van der Waals surface area contributed by atoms with Crippen molar-refractivity contribution < 1.29 is 24.2 Å². The highest BCUT2D eigenvalue weighted by Crippen LogP contribution is 2.34. The maximum Gasteiger partial charge on any atom is 0.410 e. The number of likely N-dealkylation sites (tertiary alicyclic amines) is 1. The number of hydrogen-bond donors (Lipinski definition) is 1. The van der Waals surface area contributed by atoms with Crippen LogP contribution in [0.5, 0.6) is 0 Å². The summed E-state index contributed by atoms with van der Waals surface area (Å²) in [6.07, 6.45) is 2.12. The van der Waals surface area contributed by atoms with Crippen LogP contribution in [-0.2, 0) is 14.3 Å². The highest BCUT2D eigenvalue weighted by Gasteiger charge is 2.44. The molecular formula is C16H29NO5. The van der Waals surface area contributed by atoms with Crippen LogP contribution in [0.4, 0.5) is 4.79 Å². The third-order valence-electron chi connectivity index (χ3n) is 3.76. The molecule has 1 fully saturated rings. The summed E-state index contributed by atoms with van der Waals surface area (Å²) in [7, 11) is 0. The summed E-state index contributed by atoms with van der Waals surface area (Å²) in [5.74, 6) is -0.860. The van der Waals surface area contributed by atoms with E-state index in [1.54, 1.807) is 20.8 Å². The summed E-state index contributed by atoms with van der Waals surface area (Å²) in [4.78, 5) is 25.5. The zero-order valence-electron chi connectivity index (χ0n) is 14.2. The highest BCUT2D eigenvalue weighted by molar-refractivity contribution is 5.77. The fourth-order valence-corrected chi connectivity index (χ4v) is 2.61. The number of aliphatic carboxylic acids is 1. The lowest BCUT2D eigenvalue weighted by Crippen LogP contribution is -2.51. The van der Waals surface area contributed by atoms with E-state index in [1.807, 2.05) is 6.92 Å². The van der Waals surface area contributed by atoms with Crippen LogP contribution in [0.2, 0.25) is 0 Å². The van der Waals surface area contributed by atoms with Gasteiger partial charge in [0.2, 0.25) is 0 Å². The van der Waals surface area contributed by atoms with E-state index in [9.17, 15) is 14.7 Å². The van der Waals surface area contributed by atoms with Gasteiger partial charge in [0.25, 0.3) is 0 Å². The van der Waals surface area contributed by atoms with Crippen molar-refractivity contribution in [1.82, 2.24) is 4.90 Å². The molecule has 1 unspecified atom stereocenters. The number of carboxylic acids is 1. The van der Waals surface area contributed by atoms with Crippen LogP contribution in [0.3, 0.4) is 0 Å². The molecule has 1 N–H and O–H groups in total. The Morgan fingerprint density at radius 3 is 2.50 bits per heavy atom. The molecule has 6 heteroatoms. The summed E-state index contributed by atoms with van der Waals surface area (Å²) < 4.78 is 10.8. The van der Waals surface area contributed by atoms with Crippen molar-refractivity contribution in [2.45, 2.75) is 59.0 Å². The second-order valence-corrected chi connectivity index (χ2v) is 6.95. The molecule has 0 aliphatic carbocycles. The van der Waals surface area contributed by atoms with E-state index in [2.05, 4.69) is 0 Å². The zero-order chi connectivity index (χ0) is 16.8. The summed E-state index contributed by atoms with van der Waals surface area (Å²) in [6, 6.07) is 0. The van der Waals surface area contributed by atoms with Gasteiger partial charge in [0, 0.05) is 26.3 Å². The first-order valence-corrected chi connectivity index (χ1v) is 7.99. The molecule has 0 radical (unpaired) electrons. The lowest BCUT2D eigenvalue weighted by molar-refractivity contribution is -0.153. The van der Waals surface area contributed by atoms with Gasteiger partial charge < -0.3 is 19.5 Å². The first kappa shape index (κ1) is 18.7. The van der Waals surface area contributed by atoms with Crippen molar-refractivity contribution >= 4 is 12.1 Å². The number of amides is 1. The van der Waals surface area contributed by atoms with E-state index in [4.69, 9.17) is 9.47 Å². The first-order chi connectivity index (χ1) is 10.2. The van der Waals surface area contributed by atoms with Gasteiger partial charge in [-0.15, -0.1) is 0 Å². The van der Waals surface area contributed by atoms with Crippen LogP contribution >= 0.6 is 0 Å². The molecule has 6 nitrogen and oxygen atoms in total. The van der Waals surface area contributed by atoms with E-state index >= 15 is 0 Å². The predicted molar refractivity (Wildman–Crippen MR) is 82.8 cm³/mol. The monoisotopic (exact) mass is 315 g/mol. The fraction of sp³-hybridized carbons (Fsp3) is 0.875. The minimum absolute atomic E-state index is 0.187. The van der Waals surface area contributed by atoms with Crippen molar-refractivity contribution in [3.8, 4) is 0 Å². The molecule has 1 aliphatic rings. The lowest BCUT2D eigenvalue weighted by atomic mass is 9.77. The van der Waals surface area contributed by atoms with Crippen LogP contribution in [-0.4, -0.2) is 54.0 Å². The predicted octanol–water partition coefficient (Wildman–Crippen LogP) is 2.91. The second-order valence-electron chi connectivity index (χ2n) is 6.95. The number of carbonyl (C=O) groups excluding carboxylic acids is 1. The maximum absolute atomic E-state index is 12.2. The van der Waals surface area contributed by atoms with Crippen LogP contribution < -0.4 is 0 Å². The Balaban J connectivity index is 2.70. The minimum atomic E-state index is -0.928. The summed E-state index contributed by atoms with van der Waals surface area (Å²) >= 11 is 0. The molecule has 128 valence electrons. The summed E-state index contributed by atoms with van der Waals surface area (Å²) in [5.41, 5.74) is -1.51. The Morgan fingerprint density at radius 2 is 1.95 bits per heavy atom. The van der Waals surface area contributed by atoms with Gasteiger partial charge in [0.15, 0.2) is 0 Å². The van der Waals surface area contributed by atoms with Gasteiger partial charge in [-0.05, 0) is 46.5 Å². The summed E-state index contributed by atoms with van der Waals surface area (Å²) in [5, 5.41) is 9.64. The Bertz CT molecular complexity index is 390. The molecule has 1 atom stereocenters. The molecular weight excluding hydrogens is 286 g/mol. The van der Waals surface area contributed by atoms with E-state index in [-0.39, 0.29) is 6.54 Å². The number of carboxylic acid groups (broad SMARTS) is 1. The van der Waals surface area contributed by atoms with Gasteiger partial charge in [-0.3, -0.25) is 4.79 Å². The SMILES string of the molecule is CCCOCCC1(C(=O)O)CCCN(C(=O)OC(C)(C)C)C1. The molecule has 0 saturated carbocycles. The number of piperidine rings is 1. The molecule has 1 rings (SSSR count). The van der Waals surface area contributed by atoms with Gasteiger partial charge >= 0.3 is 12.1 Å². The van der Waals surface area contributed by atoms with Gasteiger partial charge in [-0.25, -0.2) is 4.79 Å². The molecule has 1 amide bonds. The molecule has 1 aliphatic heterocycles. The first-order valence-electron chi connectivity index (χ1n) is 7.99. The van der Waals surface area contributed by atoms with Gasteiger partial charge in [0.05, 0.1) is 5.41 Å². The van der Waals surface area contributed by atoms with Crippen molar-refractivity contribution in [2.75, 3.05) is 26.3 Å². The van der Waals surface area contributed by atoms with Gasteiger partial charge in [-0.1, -0.05) is 6.92 Å². The average Bonchev–Trinajstić information content (AvgIpc) is 2.42. The van der Waals surface area contributed by atoms with Crippen molar-refractivity contribution in [1.29, 1.82) is 0 Å². The molecule has 0 aromatic carbocycles. The normalized spacial score (nSPS) is 22.5. The Labute approximate surface area is 132 Å². The maximum atomic E-state index is 12.2. The molecule has 1 saturated heterocycles. The average molecular weight is 315 g/mol. The molecule has 0 aromatic rings. The third kappa shape index (κ3) is 5.48. The highest BCUT2D eigenvalue weighted by atomic mass is 16.6. The van der Waals surface area contributed by atoms with Crippen molar-refractivity contribution in [3.63, 3.8) is 0 Å².